The maximum Gasteiger partial charge on any atom is 0.223 e. The lowest BCUT2D eigenvalue weighted by Crippen LogP contribution is -2.39. The minimum Gasteiger partial charge on any atom is -0.339 e. The Bertz CT molecular complexity index is 644. The average molecular weight is 325 g/mol. The molecule has 0 unspecified atom stereocenters. The van der Waals surface area contributed by atoms with Crippen LogP contribution < -0.4 is 0 Å². The minimum absolute atomic E-state index is 0.0608. The molecule has 1 aromatic heterocycles. The topological polar surface area (TPSA) is 74.1 Å². The maximum atomic E-state index is 12.8. The highest BCUT2D eigenvalue weighted by molar-refractivity contribution is 5.95. The second kappa shape index (κ2) is 7.12. The molecule has 0 aromatic carbocycles. The van der Waals surface area contributed by atoms with Gasteiger partial charge in [0.25, 0.3) is 0 Å². The molecule has 2 atom stereocenters. The van der Waals surface area contributed by atoms with Crippen molar-refractivity contribution in [2.45, 2.75) is 51.0 Å². The Hall–Kier alpha value is -2.22. The number of hydrogen-bond donors (Lipinski definition) is 0. The van der Waals surface area contributed by atoms with E-state index in [0.29, 0.717) is 12.2 Å². The van der Waals surface area contributed by atoms with Gasteiger partial charge in [0.05, 0.1) is 11.8 Å². The van der Waals surface area contributed by atoms with Crippen LogP contribution >= 0.6 is 0 Å². The smallest absolute Gasteiger partial charge is 0.223 e. The summed E-state index contributed by atoms with van der Waals surface area (Å²) in [5, 5.41) is 9.41. The van der Waals surface area contributed by atoms with Crippen molar-refractivity contribution >= 4 is 11.7 Å². The molecule has 2 aliphatic rings. The van der Waals surface area contributed by atoms with Gasteiger partial charge in [-0.15, -0.1) is 0 Å². The molecule has 1 aromatic rings. The fourth-order valence-corrected chi connectivity index (χ4v) is 3.89. The Morgan fingerprint density at radius 1 is 1.33 bits per heavy atom. The van der Waals surface area contributed by atoms with E-state index in [-0.39, 0.29) is 30.1 Å². The summed E-state index contributed by atoms with van der Waals surface area (Å²) in [5.74, 6) is -0.649. The summed E-state index contributed by atoms with van der Waals surface area (Å²) in [4.78, 5) is 31.2. The van der Waals surface area contributed by atoms with Crippen LogP contribution in [0, 0.1) is 23.2 Å². The molecule has 0 spiro atoms. The highest BCUT2D eigenvalue weighted by atomic mass is 16.2. The van der Waals surface area contributed by atoms with Gasteiger partial charge in [0.1, 0.15) is 5.92 Å². The van der Waals surface area contributed by atoms with Crippen LogP contribution in [0.3, 0.4) is 0 Å². The summed E-state index contributed by atoms with van der Waals surface area (Å²) < 4.78 is 0. The third-order valence-corrected chi connectivity index (χ3v) is 5.38. The van der Waals surface area contributed by atoms with Crippen molar-refractivity contribution in [1.82, 2.24) is 9.88 Å². The number of hydrogen-bond acceptors (Lipinski definition) is 4. The monoisotopic (exact) mass is 325 g/mol. The van der Waals surface area contributed by atoms with Gasteiger partial charge >= 0.3 is 0 Å². The Morgan fingerprint density at radius 2 is 2.08 bits per heavy atom. The summed E-state index contributed by atoms with van der Waals surface area (Å²) in [6.07, 6.45) is 6.15. The van der Waals surface area contributed by atoms with E-state index < -0.39 is 5.92 Å². The molecule has 5 heteroatoms. The summed E-state index contributed by atoms with van der Waals surface area (Å²) in [6, 6.07) is 7.56. The predicted molar refractivity (Wildman–Crippen MR) is 88.8 cm³/mol. The second-order valence-corrected chi connectivity index (χ2v) is 7.08. The molecule has 24 heavy (non-hydrogen) atoms. The molecule has 1 saturated carbocycles. The van der Waals surface area contributed by atoms with Gasteiger partial charge in [-0.2, -0.15) is 5.26 Å². The second-order valence-electron chi connectivity index (χ2n) is 7.08. The molecule has 0 N–H and O–H groups in total. The van der Waals surface area contributed by atoms with E-state index in [1.165, 1.54) is 0 Å². The fourth-order valence-electron chi connectivity index (χ4n) is 3.89. The predicted octanol–water partition coefficient (Wildman–Crippen LogP) is 2.69. The highest BCUT2D eigenvalue weighted by Gasteiger charge is 2.41. The Kier molecular flexibility index (Phi) is 4.94. The molecule has 1 aliphatic carbocycles. The number of Topliss-reactive ketones (excluding diaryl/α,β-unsaturated/α-hetero) is 1. The number of carbonyl (C=O) groups is 2. The van der Waals surface area contributed by atoms with Crippen LogP contribution in [-0.2, 0) is 9.59 Å². The van der Waals surface area contributed by atoms with Crippen molar-refractivity contribution in [3.63, 3.8) is 0 Å². The van der Waals surface area contributed by atoms with Gasteiger partial charge in [0.2, 0.25) is 5.91 Å². The summed E-state index contributed by atoms with van der Waals surface area (Å²) in [7, 11) is 0. The van der Waals surface area contributed by atoms with Gasteiger partial charge in [-0.1, -0.05) is 13.0 Å². The standard InChI is InChI=1S/C19H23N3O2/c1-13-5-7-15(8-6-13)22-12-14(10-18(22)23)19(24)16(11-20)17-4-2-3-9-21-17/h2-4,9,13-16H,5-8,10,12H2,1H3/t13?,14-,15?,16-/m0/s1. The Balaban J connectivity index is 1.68. The van der Waals surface area contributed by atoms with Crippen molar-refractivity contribution < 1.29 is 9.59 Å². The fraction of sp³-hybridized carbons (Fsp3) is 0.579. The number of pyridine rings is 1. The molecule has 0 bridgehead atoms. The van der Waals surface area contributed by atoms with Crippen molar-refractivity contribution in [1.29, 1.82) is 5.26 Å². The van der Waals surface area contributed by atoms with E-state index in [9.17, 15) is 14.9 Å². The maximum absolute atomic E-state index is 12.8. The molecule has 126 valence electrons. The van der Waals surface area contributed by atoms with Gasteiger partial charge in [-0.25, -0.2) is 0 Å². The zero-order valence-corrected chi connectivity index (χ0v) is 14.0. The molecule has 0 radical (unpaired) electrons. The number of nitriles is 1. The highest BCUT2D eigenvalue weighted by Crippen LogP contribution is 2.33. The van der Waals surface area contributed by atoms with Crippen LogP contribution in [0.1, 0.15) is 50.6 Å². The van der Waals surface area contributed by atoms with Crippen molar-refractivity contribution in [2.24, 2.45) is 11.8 Å². The normalized spacial score (nSPS) is 28.4. The van der Waals surface area contributed by atoms with Crippen LogP contribution in [0.4, 0.5) is 0 Å². The van der Waals surface area contributed by atoms with Gasteiger partial charge in [-0.3, -0.25) is 14.6 Å². The Labute approximate surface area is 142 Å². The molecular weight excluding hydrogens is 302 g/mol. The Morgan fingerprint density at radius 3 is 2.71 bits per heavy atom. The van der Waals surface area contributed by atoms with Crippen LogP contribution in [-0.4, -0.2) is 34.2 Å². The molecule has 2 heterocycles. The first-order valence-electron chi connectivity index (χ1n) is 8.74. The van der Waals surface area contributed by atoms with E-state index in [1.54, 1.807) is 24.4 Å². The molecule has 1 saturated heterocycles. The van der Waals surface area contributed by atoms with Crippen molar-refractivity contribution in [3.05, 3.63) is 30.1 Å². The van der Waals surface area contributed by atoms with E-state index in [0.717, 1.165) is 31.6 Å². The summed E-state index contributed by atoms with van der Waals surface area (Å²) >= 11 is 0. The third kappa shape index (κ3) is 3.33. The van der Waals surface area contributed by atoms with Gasteiger partial charge in [-0.05, 0) is 43.7 Å². The zero-order valence-electron chi connectivity index (χ0n) is 14.0. The van der Waals surface area contributed by atoms with Crippen molar-refractivity contribution in [3.8, 4) is 6.07 Å². The first-order chi connectivity index (χ1) is 11.6. The van der Waals surface area contributed by atoms with Gasteiger partial charge < -0.3 is 4.90 Å². The minimum atomic E-state index is -0.879. The third-order valence-electron chi connectivity index (χ3n) is 5.38. The lowest BCUT2D eigenvalue weighted by molar-refractivity contribution is -0.130. The summed E-state index contributed by atoms with van der Waals surface area (Å²) in [6.45, 7) is 2.71. The largest absolute Gasteiger partial charge is 0.339 e. The first-order valence-corrected chi connectivity index (χ1v) is 8.74. The van der Waals surface area contributed by atoms with E-state index in [2.05, 4.69) is 18.0 Å². The van der Waals surface area contributed by atoms with E-state index >= 15 is 0 Å². The summed E-state index contributed by atoms with van der Waals surface area (Å²) in [5.41, 5.74) is 0.474. The zero-order chi connectivity index (χ0) is 17.1. The quantitative estimate of drug-likeness (QED) is 0.853. The molecule has 1 amide bonds. The number of likely N-dealkylation sites (tertiary alicyclic amines) is 1. The number of nitrogens with zero attached hydrogens (tertiary/aromatic N) is 3. The average Bonchev–Trinajstić information content (AvgIpc) is 2.99. The molecular formula is C19H23N3O2. The first kappa shape index (κ1) is 16.6. The van der Waals surface area contributed by atoms with E-state index in [1.807, 2.05) is 4.90 Å². The van der Waals surface area contributed by atoms with Crippen LogP contribution in [0.2, 0.25) is 0 Å². The molecule has 1 aliphatic heterocycles. The van der Waals surface area contributed by atoms with E-state index in [4.69, 9.17) is 0 Å². The van der Waals surface area contributed by atoms with Crippen LogP contribution in [0.25, 0.3) is 0 Å². The number of aromatic nitrogens is 1. The molecule has 2 fully saturated rings. The lowest BCUT2D eigenvalue weighted by atomic mass is 9.86. The lowest BCUT2D eigenvalue weighted by Gasteiger charge is -2.33. The van der Waals surface area contributed by atoms with Gasteiger partial charge in [0.15, 0.2) is 5.78 Å². The van der Waals surface area contributed by atoms with Crippen LogP contribution in [0.15, 0.2) is 24.4 Å². The number of amides is 1. The SMILES string of the molecule is CC1CCC(N2C[C@@H](C(=O)[C@@H](C#N)c3ccccn3)CC2=O)CC1. The van der Waals surface area contributed by atoms with Crippen molar-refractivity contribution in [2.75, 3.05) is 6.54 Å². The molecule has 5 nitrogen and oxygen atoms in total. The number of ketones is 1. The van der Waals surface area contributed by atoms with Crippen LogP contribution in [0.5, 0.6) is 0 Å². The molecule has 3 rings (SSSR count). The number of rotatable bonds is 4. The van der Waals surface area contributed by atoms with Gasteiger partial charge in [0, 0.05) is 31.1 Å². The number of carbonyl (C=O) groups excluding carboxylic acids is 2.